The maximum Gasteiger partial charge on any atom is 0.389 e. The molecule has 0 saturated heterocycles. The zero-order valence-corrected chi connectivity index (χ0v) is 8.87. The monoisotopic (exact) mass is 244 g/mol. The van der Waals surface area contributed by atoms with Crippen LogP contribution in [0.4, 0.5) is 13.2 Å². The van der Waals surface area contributed by atoms with Crippen molar-refractivity contribution in [3.05, 3.63) is 36.1 Å². The largest absolute Gasteiger partial charge is 0.464 e. The maximum atomic E-state index is 12.0. The van der Waals surface area contributed by atoms with Crippen molar-refractivity contribution in [2.24, 2.45) is 0 Å². The number of halogens is 3. The molecule has 0 bridgehead atoms. The third kappa shape index (κ3) is 2.79. The fourth-order valence-electron chi connectivity index (χ4n) is 1.71. The number of para-hydroxylation sites is 1. The lowest BCUT2D eigenvalue weighted by molar-refractivity contribution is -0.140. The summed E-state index contributed by atoms with van der Waals surface area (Å²) in [6.45, 7) is 0. The van der Waals surface area contributed by atoms with Crippen molar-refractivity contribution in [3.63, 3.8) is 0 Å². The summed E-state index contributed by atoms with van der Waals surface area (Å²) in [5, 5.41) is 10.4. The molecular formula is C12H11F3O2. The van der Waals surface area contributed by atoms with E-state index in [4.69, 9.17) is 4.42 Å². The zero-order valence-electron chi connectivity index (χ0n) is 8.87. The van der Waals surface area contributed by atoms with Crippen LogP contribution >= 0.6 is 0 Å². The van der Waals surface area contributed by atoms with Crippen molar-refractivity contribution in [3.8, 4) is 0 Å². The van der Waals surface area contributed by atoms with E-state index in [0.717, 1.165) is 0 Å². The van der Waals surface area contributed by atoms with Gasteiger partial charge in [-0.05, 0) is 12.5 Å². The van der Waals surface area contributed by atoms with E-state index < -0.39 is 18.7 Å². The molecule has 0 fully saturated rings. The maximum absolute atomic E-state index is 12.0. The number of hydrogen-bond acceptors (Lipinski definition) is 2. The molecule has 1 unspecified atom stereocenters. The highest BCUT2D eigenvalue weighted by Crippen LogP contribution is 2.32. The molecule has 5 heteroatoms. The van der Waals surface area contributed by atoms with Gasteiger partial charge in [-0.3, -0.25) is 0 Å². The first-order valence-corrected chi connectivity index (χ1v) is 5.18. The fraction of sp³-hybridized carbons (Fsp3) is 0.333. The molecule has 2 aromatic rings. The van der Waals surface area contributed by atoms with Gasteiger partial charge in [-0.25, -0.2) is 0 Å². The lowest BCUT2D eigenvalue weighted by Gasteiger charge is -2.10. The third-order valence-corrected chi connectivity index (χ3v) is 2.57. The highest BCUT2D eigenvalue weighted by atomic mass is 19.4. The number of aliphatic hydroxyl groups excluding tert-OH is 1. The van der Waals surface area contributed by atoms with Gasteiger partial charge in [-0.2, -0.15) is 13.2 Å². The fourth-order valence-corrected chi connectivity index (χ4v) is 1.71. The quantitative estimate of drug-likeness (QED) is 0.890. The molecule has 0 aliphatic heterocycles. The van der Waals surface area contributed by atoms with Crippen molar-refractivity contribution in [2.45, 2.75) is 25.1 Å². The van der Waals surface area contributed by atoms with Crippen molar-refractivity contribution in [1.82, 2.24) is 0 Å². The second kappa shape index (κ2) is 4.41. The number of alkyl halides is 3. The molecule has 1 N–H and O–H groups in total. The number of aliphatic hydroxyl groups is 1. The molecule has 1 heterocycles. The van der Waals surface area contributed by atoms with Gasteiger partial charge in [-0.1, -0.05) is 18.2 Å². The Morgan fingerprint density at radius 3 is 2.65 bits per heavy atom. The Hall–Kier alpha value is -1.49. The molecule has 1 aromatic carbocycles. The Bertz CT molecular complexity index is 502. The van der Waals surface area contributed by atoms with Gasteiger partial charge in [0.1, 0.15) is 5.58 Å². The number of fused-ring (bicyclic) bond motifs is 1. The van der Waals surface area contributed by atoms with Gasteiger partial charge in [0.2, 0.25) is 0 Å². The molecule has 2 rings (SSSR count). The van der Waals surface area contributed by atoms with Gasteiger partial charge < -0.3 is 9.52 Å². The summed E-state index contributed by atoms with van der Waals surface area (Å²) in [5.41, 5.74) is 0.971. The van der Waals surface area contributed by atoms with E-state index in [2.05, 4.69) is 0 Å². The Balaban J connectivity index is 2.16. The molecule has 17 heavy (non-hydrogen) atoms. The van der Waals surface area contributed by atoms with Crippen LogP contribution < -0.4 is 0 Å². The summed E-state index contributed by atoms with van der Waals surface area (Å²) in [6.07, 6.45) is -5.45. The molecule has 92 valence electrons. The number of rotatable bonds is 3. The standard InChI is InChI=1S/C12H11F3O2/c13-12(14,15)6-5-10(16)9-7-17-11-4-2-1-3-8(9)11/h1-4,7,10,16H,5-6H2. The first-order valence-electron chi connectivity index (χ1n) is 5.18. The van der Waals surface area contributed by atoms with Crippen LogP contribution in [0.5, 0.6) is 0 Å². The average molecular weight is 244 g/mol. The van der Waals surface area contributed by atoms with Crippen molar-refractivity contribution >= 4 is 11.0 Å². The SMILES string of the molecule is OC(CCC(F)(F)F)c1coc2ccccc12. The Kier molecular flexibility index (Phi) is 3.11. The van der Waals surface area contributed by atoms with Gasteiger partial charge in [-0.15, -0.1) is 0 Å². The highest BCUT2D eigenvalue weighted by Gasteiger charge is 2.28. The normalized spacial score (nSPS) is 14.1. The predicted octanol–water partition coefficient (Wildman–Crippen LogP) is 3.81. The van der Waals surface area contributed by atoms with Gasteiger partial charge >= 0.3 is 6.18 Å². The smallest absolute Gasteiger partial charge is 0.389 e. The molecule has 1 atom stereocenters. The van der Waals surface area contributed by atoms with Crippen LogP contribution in [0.3, 0.4) is 0 Å². The average Bonchev–Trinajstić information content (AvgIpc) is 2.68. The van der Waals surface area contributed by atoms with Gasteiger partial charge in [0.05, 0.1) is 12.4 Å². The third-order valence-electron chi connectivity index (χ3n) is 2.57. The van der Waals surface area contributed by atoms with Crippen LogP contribution in [0.2, 0.25) is 0 Å². The van der Waals surface area contributed by atoms with E-state index in [1.54, 1.807) is 24.3 Å². The molecule has 0 radical (unpaired) electrons. The van der Waals surface area contributed by atoms with Gasteiger partial charge in [0.25, 0.3) is 0 Å². The summed E-state index contributed by atoms with van der Waals surface area (Å²) < 4.78 is 41.3. The molecule has 0 aliphatic carbocycles. The van der Waals surface area contributed by atoms with E-state index in [1.165, 1.54) is 6.26 Å². The van der Waals surface area contributed by atoms with Gasteiger partial charge in [0, 0.05) is 17.4 Å². The molecule has 0 amide bonds. The van der Waals surface area contributed by atoms with Crippen LogP contribution in [-0.2, 0) is 0 Å². The number of furan rings is 1. The van der Waals surface area contributed by atoms with E-state index in [0.29, 0.717) is 16.5 Å². The Morgan fingerprint density at radius 1 is 1.24 bits per heavy atom. The minimum atomic E-state index is -4.25. The lowest BCUT2D eigenvalue weighted by atomic mass is 10.0. The van der Waals surface area contributed by atoms with Crippen LogP contribution in [0.25, 0.3) is 11.0 Å². The molecule has 2 nitrogen and oxygen atoms in total. The topological polar surface area (TPSA) is 33.4 Å². The summed E-state index contributed by atoms with van der Waals surface area (Å²) >= 11 is 0. The lowest BCUT2D eigenvalue weighted by Crippen LogP contribution is -2.09. The van der Waals surface area contributed by atoms with E-state index in [-0.39, 0.29) is 6.42 Å². The molecule has 0 saturated carbocycles. The highest BCUT2D eigenvalue weighted by molar-refractivity contribution is 5.81. The Morgan fingerprint density at radius 2 is 1.94 bits per heavy atom. The van der Waals surface area contributed by atoms with Crippen molar-refractivity contribution < 1.29 is 22.7 Å². The minimum Gasteiger partial charge on any atom is -0.464 e. The first-order chi connectivity index (χ1) is 7.97. The van der Waals surface area contributed by atoms with E-state index >= 15 is 0 Å². The summed E-state index contributed by atoms with van der Waals surface area (Å²) in [5.74, 6) is 0. The molecule has 0 aliphatic rings. The van der Waals surface area contributed by atoms with Crippen molar-refractivity contribution in [1.29, 1.82) is 0 Å². The zero-order chi connectivity index (χ0) is 12.5. The van der Waals surface area contributed by atoms with Crippen LogP contribution in [0, 0.1) is 0 Å². The van der Waals surface area contributed by atoms with Crippen LogP contribution in [-0.4, -0.2) is 11.3 Å². The van der Waals surface area contributed by atoms with Crippen LogP contribution in [0.1, 0.15) is 24.5 Å². The molecular weight excluding hydrogens is 233 g/mol. The molecule has 1 aromatic heterocycles. The predicted molar refractivity (Wildman–Crippen MR) is 56.5 cm³/mol. The molecule has 0 spiro atoms. The van der Waals surface area contributed by atoms with Crippen LogP contribution in [0.15, 0.2) is 34.9 Å². The Labute approximate surface area is 95.7 Å². The van der Waals surface area contributed by atoms with Gasteiger partial charge in [0.15, 0.2) is 0 Å². The summed E-state index contributed by atoms with van der Waals surface area (Å²) in [7, 11) is 0. The van der Waals surface area contributed by atoms with Crippen molar-refractivity contribution in [2.75, 3.05) is 0 Å². The second-order valence-electron chi connectivity index (χ2n) is 3.86. The summed E-state index contributed by atoms with van der Waals surface area (Å²) in [4.78, 5) is 0. The van der Waals surface area contributed by atoms with E-state index in [9.17, 15) is 18.3 Å². The summed E-state index contributed by atoms with van der Waals surface area (Å²) in [6, 6.07) is 6.93. The minimum absolute atomic E-state index is 0.354. The first kappa shape index (κ1) is 12.0. The number of benzene rings is 1. The van der Waals surface area contributed by atoms with E-state index in [1.807, 2.05) is 0 Å². The second-order valence-corrected chi connectivity index (χ2v) is 3.86. The number of hydrogen-bond donors (Lipinski definition) is 1.